The molecule has 0 saturated heterocycles. The Morgan fingerprint density at radius 2 is 2.00 bits per heavy atom. The van der Waals surface area contributed by atoms with Gasteiger partial charge in [0, 0.05) is 6.61 Å². The average molecular weight is 296 g/mol. The van der Waals surface area contributed by atoms with Crippen LogP contribution in [0.5, 0.6) is 0 Å². The van der Waals surface area contributed by atoms with E-state index in [1.807, 2.05) is 20.8 Å². The van der Waals surface area contributed by atoms with Gasteiger partial charge in [0.2, 0.25) is 11.7 Å². The van der Waals surface area contributed by atoms with Crippen LogP contribution in [0.15, 0.2) is 4.52 Å². The van der Waals surface area contributed by atoms with E-state index in [1.165, 1.54) is 0 Å². The summed E-state index contributed by atoms with van der Waals surface area (Å²) in [5.74, 6) is 0.652. The molecule has 1 fully saturated rings. The third kappa shape index (κ3) is 3.10. The standard InChI is InChI=1S/C15H24N2O4/c1-4-11(19-5-2)12-16-13(21-17-12)15(9-7-8-10-15)14(18)20-6-3/h11H,4-10H2,1-3H3. The maximum absolute atomic E-state index is 12.4. The van der Waals surface area contributed by atoms with Gasteiger partial charge < -0.3 is 14.0 Å². The highest BCUT2D eigenvalue weighted by Gasteiger charge is 2.49. The topological polar surface area (TPSA) is 74.5 Å². The van der Waals surface area contributed by atoms with Gasteiger partial charge in [-0.3, -0.25) is 4.79 Å². The van der Waals surface area contributed by atoms with E-state index >= 15 is 0 Å². The summed E-state index contributed by atoms with van der Waals surface area (Å²) in [7, 11) is 0. The molecular weight excluding hydrogens is 272 g/mol. The van der Waals surface area contributed by atoms with E-state index < -0.39 is 5.41 Å². The van der Waals surface area contributed by atoms with E-state index in [0.29, 0.717) is 37.8 Å². The number of esters is 1. The smallest absolute Gasteiger partial charge is 0.321 e. The number of ether oxygens (including phenoxy) is 2. The minimum absolute atomic E-state index is 0.187. The quantitative estimate of drug-likeness (QED) is 0.720. The van der Waals surface area contributed by atoms with Crippen LogP contribution in [0.3, 0.4) is 0 Å². The zero-order valence-electron chi connectivity index (χ0n) is 13.1. The Morgan fingerprint density at radius 1 is 1.29 bits per heavy atom. The van der Waals surface area contributed by atoms with E-state index in [2.05, 4.69) is 10.1 Å². The fourth-order valence-corrected chi connectivity index (χ4v) is 2.89. The first-order chi connectivity index (χ1) is 10.2. The molecule has 1 unspecified atom stereocenters. The van der Waals surface area contributed by atoms with Crippen molar-refractivity contribution in [3.63, 3.8) is 0 Å². The summed E-state index contributed by atoms with van der Waals surface area (Å²) in [5.41, 5.74) is -0.758. The van der Waals surface area contributed by atoms with Crippen LogP contribution in [0.2, 0.25) is 0 Å². The van der Waals surface area contributed by atoms with Gasteiger partial charge in [-0.25, -0.2) is 0 Å². The summed E-state index contributed by atoms with van der Waals surface area (Å²) >= 11 is 0. The first kappa shape index (κ1) is 15.9. The normalized spacial score (nSPS) is 18.6. The SMILES string of the molecule is CCOC(=O)C1(c2nc(C(CC)OCC)no2)CCCC1. The molecule has 6 heteroatoms. The molecule has 0 aromatic carbocycles. The first-order valence-electron chi connectivity index (χ1n) is 7.80. The van der Waals surface area contributed by atoms with Crippen LogP contribution < -0.4 is 0 Å². The number of carbonyl (C=O) groups excluding carboxylic acids is 1. The summed E-state index contributed by atoms with van der Waals surface area (Å²) in [6.07, 6.45) is 3.93. The zero-order chi connectivity index (χ0) is 15.3. The minimum Gasteiger partial charge on any atom is -0.465 e. The van der Waals surface area contributed by atoms with Crippen molar-refractivity contribution in [2.24, 2.45) is 0 Å². The molecular formula is C15H24N2O4. The number of hydrogen-bond acceptors (Lipinski definition) is 6. The number of hydrogen-bond donors (Lipinski definition) is 0. The van der Waals surface area contributed by atoms with E-state index in [1.54, 1.807) is 0 Å². The molecule has 1 aromatic heterocycles. The van der Waals surface area contributed by atoms with Crippen molar-refractivity contribution in [3.8, 4) is 0 Å². The zero-order valence-corrected chi connectivity index (χ0v) is 13.1. The van der Waals surface area contributed by atoms with Gasteiger partial charge in [-0.15, -0.1) is 0 Å². The first-order valence-corrected chi connectivity index (χ1v) is 7.80. The summed E-state index contributed by atoms with van der Waals surface area (Å²) < 4.78 is 16.2. The molecule has 1 saturated carbocycles. The molecule has 0 spiro atoms. The van der Waals surface area contributed by atoms with Crippen molar-refractivity contribution >= 4 is 5.97 Å². The molecule has 0 amide bonds. The molecule has 0 radical (unpaired) electrons. The monoisotopic (exact) mass is 296 g/mol. The highest BCUT2D eigenvalue weighted by molar-refractivity contribution is 5.82. The molecule has 118 valence electrons. The number of nitrogens with zero attached hydrogens (tertiary/aromatic N) is 2. The average Bonchev–Trinajstić information content (AvgIpc) is 3.14. The molecule has 1 heterocycles. The molecule has 0 aliphatic heterocycles. The highest BCUT2D eigenvalue weighted by atomic mass is 16.5. The third-order valence-corrected chi connectivity index (χ3v) is 4.00. The van der Waals surface area contributed by atoms with Gasteiger partial charge in [0.25, 0.3) is 0 Å². The second kappa shape index (κ2) is 7.02. The van der Waals surface area contributed by atoms with Crippen LogP contribution in [0.4, 0.5) is 0 Å². The Hall–Kier alpha value is -1.43. The van der Waals surface area contributed by atoms with Crippen molar-refractivity contribution in [2.45, 2.75) is 64.4 Å². The largest absolute Gasteiger partial charge is 0.465 e. The second-order valence-corrected chi connectivity index (χ2v) is 5.32. The van der Waals surface area contributed by atoms with Gasteiger partial charge in [-0.2, -0.15) is 4.98 Å². The minimum atomic E-state index is -0.758. The lowest BCUT2D eigenvalue weighted by molar-refractivity contribution is -0.151. The molecule has 1 atom stereocenters. The van der Waals surface area contributed by atoms with Crippen molar-refractivity contribution < 1.29 is 18.8 Å². The van der Waals surface area contributed by atoms with E-state index in [9.17, 15) is 4.79 Å². The van der Waals surface area contributed by atoms with Crippen molar-refractivity contribution in [2.75, 3.05) is 13.2 Å². The molecule has 0 N–H and O–H groups in total. The molecule has 21 heavy (non-hydrogen) atoms. The van der Waals surface area contributed by atoms with Crippen molar-refractivity contribution in [1.29, 1.82) is 0 Å². The Bertz CT molecular complexity index is 466. The summed E-state index contributed by atoms with van der Waals surface area (Å²) in [6.45, 7) is 6.69. The predicted octanol–water partition coefficient (Wildman–Crippen LogP) is 2.93. The van der Waals surface area contributed by atoms with Crippen molar-refractivity contribution in [3.05, 3.63) is 11.7 Å². The van der Waals surface area contributed by atoms with E-state index in [0.717, 1.165) is 19.3 Å². The maximum atomic E-state index is 12.4. The predicted molar refractivity (Wildman–Crippen MR) is 75.7 cm³/mol. The van der Waals surface area contributed by atoms with Crippen LogP contribution >= 0.6 is 0 Å². The van der Waals surface area contributed by atoms with Crippen molar-refractivity contribution in [1.82, 2.24) is 10.1 Å². The van der Waals surface area contributed by atoms with E-state index in [4.69, 9.17) is 14.0 Å². The van der Waals surface area contributed by atoms with Gasteiger partial charge in [0.15, 0.2) is 0 Å². The van der Waals surface area contributed by atoms with Gasteiger partial charge in [0.1, 0.15) is 11.5 Å². The third-order valence-electron chi connectivity index (χ3n) is 4.00. The van der Waals surface area contributed by atoms with Crippen LogP contribution in [-0.2, 0) is 19.7 Å². The Morgan fingerprint density at radius 3 is 2.57 bits per heavy atom. The van der Waals surface area contributed by atoms with Gasteiger partial charge >= 0.3 is 5.97 Å². The molecule has 1 aliphatic carbocycles. The number of aromatic nitrogens is 2. The second-order valence-electron chi connectivity index (χ2n) is 5.32. The van der Waals surface area contributed by atoms with Crippen LogP contribution in [0.25, 0.3) is 0 Å². The maximum Gasteiger partial charge on any atom is 0.321 e. The van der Waals surface area contributed by atoms with Crippen LogP contribution in [0.1, 0.15) is 70.7 Å². The highest BCUT2D eigenvalue weighted by Crippen LogP contribution is 2.41. The molecule has 6 nitrogen and oxygen atoms in total. The number of carbonyl (C=O) groups is 1. The summed E-state index contributed by atoms with van der Waals surface area (Å²) in [5, 5.41) is 4.02. The van der Waals surface area contributed by atoms with Crippen LogP contribution in [0, 0.1) is 0 Å². The fraction of sp³-hybridized carbons (Fsp3) is 0.800. The summed E-state index contributed by atoms with van der Waals surface area (Å²) in [4.78, 5) is 16.8. The van der Waals surface area contributed by atoms with Gasteiger partial charge in [-0.1, -0.05) is 24.9 Å². The lowest BCUT2D eigenvalue weighted by atomic mass is 9.86. The Balaban J connectivity index is 2.26. The number of rotatable bonds is 7. The lowest BCUT2D eigenvalue weighted by Gasteiger charge is -2.21. The molecule has 1 aromatic rings. The van der Waals surface area contributed by atoms with E-state index in [-0.39, 0.29) is 12.1 Å². The molecule has 0 bridgehead atoms. The summed E-state index contributed by atoms with van der Waals surface area (Å²) in [6, 6.07) is 0. The van der Waals surface area contributed by atoms with Gasteiger partial charge in [0.05, 0.1) is 6.61 Å². The lowest BCUT2D eigenvalue weighted by Crippen LogP contribution is -2.35. The molecule has 2 rings (SSSR count). The Labute approximate surface area is 125 Å². The Kier molecular flexibility index (Phi) is 5.33. The fourth-order valence-electron chi connectivity index (χ4n) is 2.89. The molecule has 1 aliphatic rings. The van der Waals surface area contributed by atoms with Gasteiger partial charge in [-0.05, 0) is 33.1 Å². The van der Waals surface area contributed by atoms with Crippen LogP contribution in [-0.4, -0.2) is 29.3 Å².